The van der Waals surface area contributed by atoms with Gasteiger partial charge in [0.15, 0.2) is 0 Å². The van der Waals surface area contributed by atoms with Crippen LogP contribution in [-0.4, -0.2) is 100 Å². The Morgan fingerprint density at radius 3 is 1.32 bits per heavy atom. The third kappa shape index (κ3) is 7.91. The Morgan fingerprint density at radius 2 is 0.955 bits per heavy atom. The van der Waals surface area contributed by atoms with Gasteiger partial charge in [0.05, 0.1) is 26.3 Å². The summed E-state index contributed by atoms with van der Waals surface area (Å²) in [7, 11) is 0. The largest absolute Gasteiger partial charge is 0.480 e. The van der Waals surface area contributed by atoms with Crippen LogP contribution in [-0.2, 0) is 14.4 Å². The van der Waals surface area contributed by atoms with Crippen molar-refractivity contribution in [3.05, 3.63) is 0 Å². The summed E-state index contributed by atoms with van der Waals surface area (Å²) in [6, 6.07) is 0. The third-order valence-electron chi connectivity index (χ3n) is 3.37. The Hall–Kier alpha value is -1.71. The second-order valence-corrected chi connectivity index (χ2v) is 5.41. The Balaban J connectivity index is 2.68. The quantitative estimate of drug-likeness (QED) is 0.560. The molecule has 0 aromatic rings. The number of carboxylic acids is 3. The van der Waals surface area contributed by atoms with Crippen molar-refractivity contribution in [1.82, 2.24) is 14.7 Å². The van der Waals surface area contributed by atoms with Gasteiger partial charge in [0.1, 0.15) is 0 Å². The van der Waals surface area contributed by atoms with E-state index in [9.17, 15) is 14.4 Å². The van der Waals surface area contributed by atoms with Crippen LogP contribution in [0.2, 0.25) is 0 Å². The minimum absolute atomic E-state index is 0.0577. The highest BCUT2D eigenvalue weighted by atomic mass is 16.4. The van der Waals surface area contributed by atoms with Crippen LogP contribution in [0.4, 0.5) is 0 Å². The van der Waals surface area contributed by atoms with E-state index < -0.39 is 17.9 Å². The van der Waals surface area contributed by atoms with E-state index >= 15 is 0 Å². The van der Waals surface area contributed by atoms with Crippen molar-refractivity contribution in [2.45, 2.75) is 12.8 Å². The normalized spacial score (nSPS) is 19.6. The fourth-order valence-electron chi connectivity index (χ4n) is 2.56. The molecule has 126 valence electrons. The van der Waals surface area contributed by atoms with E-state index in [2.05, 4.69) is 0 Å². The number of aliphatic carboxylic acids is 3. The molecule has 9 heteroatoms. The van der Waals surface area contributed by atoms with E-state index in [0.29, 0.717) is 39.0 Å². The Kier molecular flexibility index (Phi) is 7.78. The molecule has 0 radical (unpaired) electrons. The first-order chi connectivity index (χ1) is 10.4. The second-order valence-electron chi connectivity index (χ2n) is 5.41. The Morgan fingerprint density at radius 1 is 0.636 bits per heavy atom. The maximum Gasteiger partial charge on any atom is 0.317 e. The van der Waals surface area contributed by atoms with Crippen LogP contribution in [0.25, 0.3) is 0 Å². The first-order valence-corrected chi connectivity index (χ1v) is 7.19. The fourth-order valence-corrected chi connectivity index (χ4v) is 2.56. The summed E-state index contributed by atoms with van der Waals surface area (Å²) >= 11 is 0. The first kappa shape index (κ1) is 18.3. The summed E-state index contributed by atoms with van der Waals surface area (Å²) in [5, 5.41) is 26.7. The molecule has 0 aromatic heterocycles. The maximum atomic E-state index is 10.9. The molecule has 0 unspecified atom stereocenters. The van der Waals surface area contributed by atoms with Crippen LogP contribution >= 0.6 is 0 Å². The summed E-state index contributed by atoms with van der Waals surface area (Å²) in [5.74, 6) is -2.83. The maximum absolute atomic E-state index is 10.9. The van der Waals surface area contributed by atoms with Crippen LogP contribution in [0.3, 0.4) is 0 Å². The molecule has 1 fully saturated rings. The standard InChI is InChI=1S/C13H23N3O6/c17-11(18)7-14-3-1-5-15(8-12(19)20)10-16(6-2-4-14)9-13(21)22/h1-10H2,(H,17,18)(H,19,20)(H,21,22). The van der Waals surface area contributed by atoms with Crippen molar-refractivity contribution < 1.29 is 29.7 Å². The van der Waals surface area contributed by atoms with Crippen molar-refractivity contribution >= 4 is 17.9 Å². The molecule has 0 aliphatic carbocycles. The molecule has 1 aliphatic rings. The van der Waals surface area contributed by atoms with E-state index in [1.807, 2.05) is 0 Å². The zero-order valence-electron chi connectivity index (χ0n) is 12.5. The molecule has 0 spiro atoms. The highest BCUT2D eigenvalue weighted by Gasteiger charge is 2.19. The predicted octanol–water partition coefficient (Wildman–Crippen LogP) is -1.10. The van der Waals surface area contributed by atoms with Crippen LogP contribution in [0.1, 0.15) is 12.8 Å². The van der Waals surface area contributed by atoms with E-state index in [1.54, 1.807) is 14.7 Å². The van der Waals surface area contributed by atoms with Crippen molar-refractivity contribution in [2.24, 2.45) is 0 Å². The molecule has 1 saturated heterocycles. The molecule has 9 nitrogen and oxygen atoms in total. The lowest BCUT2D eigenvalue weighted by molar-refractivity contribution is -0.140. The number of nitrogens with zero attached hydrogens (tertiary/aromatic N) is 3. The van der Waals surface area contributed by atoms with Gasteiger partial charge >= 0.3 is 17.9 Å². The third-order valence-corrected chi connectivity index (χ3v) is 3.37. The molecule has 1 rings (SSSR count). The SMILES string of the molecule is O=C(O)CN1CCCN(CC(=O)O)CN(CC(=O)O)CCC1. The summed E-state index contributed by atoms with van der Waals surface area (Å²) in [6.45, 7) is 2.05. The van der Waals surface area contributed by atoms with Crippen LogP contribution < -0.4 is 0 Å². The number of carboxylic acid groups (broad SMARTS) is 3. The Labute approximate surface area is 128 Å². The summed E-state index contributed by atoms with van der Waals surface area (Å²) < 4.78 is 0. The molecule has 0 bridgehead atoms. The van der Waals surface area contributed by atoms with Gasteiger partial charge in [-0.05, 0) is 25.9 Å². The molecule has 3 N–H and O–H groups in total. The van der Waals surface area contributed by atoms with Gasteiger partial charge in [-0.1, -0.05) is 0 Å². The average Bonchev–Trinajstić information content (AvgIpc) is 2.35. The molecular formula is C13H23N3O6. The van der Waals surface area contributed by atoms with Crippen LogP contribution in [0.15, 0.2) is 0 Å². The topological polar surface area (TPSA) is 122 Å². The number of carbonyl (C=O) groups is 3. The molecule has 1 heterocycles. The van der Waals surface area contributed by atoms with Crippen molar-refractivity contribution in [2.75, 3.05) is 52.5 Å². The molecular weight excluding hydrogens is 294 g/mol. The van der Waals surface area contributed by atoms with Gasteiger partial charge < -0.3 is 15.3 Å². The zero-order chi connectivity index (χ0) is 16.5. The predicted molar refractivity (Wildman–Crippen MR) is 76.6 cm³/mol. The minimum Gasteiger partial charge on any atom is -0.480 e. The first-order valence-electron chi connectivity index (χ1n) is 7.19. The molecule has 0 aromatic carbocycles. The van der Waals surface area contributed by atoms with Crippen LogP contribution in [0, 0.1) is 0 Å². The number of hydrogen-bond donors (Lipinski definition) is 3. The van der Waals surface area contributed by atoms with E-state index in [0.717, 1.165) is 0 Å². The number of rotatable bonds is 6. The monoisotopic (exact) mass is 317 g/mol. The van der Waals surface area contributed by atoms with E-state index in [1.165, 1.54) is 0 Å². The zero-order valence-corrected chi connectivity index (χ0v) is 12.5. The molecule has 1 aliphatic heterocycles. The summed E-state index contributed by atoms with van der Waals surface area (Å²) in [5.41, 5.74) is 0. The van der Waals surface area contributed by atoms with Crippen LogP contribution in [0.5, 0.6) is 0 Å². The van der Waals surface area contributed by atoms with E-state index in [4.69, 9.17) is 15.3 Å². The van der Waals surface area contributed by atoms with E-state index in [-0.39, 0.29) is 26.3 Å². The van der Waals surface area contributed by atoms with Crippen molar-refractivity contribution in [3.63, 3.8) is 0 Å². The van der Waals surface area contributed by atoms with Gasteiger partial charge in [-0.25, -0.2) is 0 Å². The van der Waals surface area contributed by atoms with Gasteiger partial charge in [0.25, 0.3) is 0 Å². The van der Waals surface area contributed by atoms with Crippen molar-refractivity contribution in [1.29, 1.82) is 0 Å². The molecule has 22 heavy (non-hydrogen) atoms. The van der Waals surface area contributed by atoms with Gasteiger partial charge in [-0.3, -0.25) is 29.1 Å². The molecule has 0 saturated carbocycles. The smallest absolute Gasteiger partial charge is 0.317 e. The summed E-state index contributed by atoms with van der Waals surface area (Å²) in [6.07, 6.45) is 1.28. The average molecular weight is 317 g/mol. The fraction of sp³-hybridized carbons (Fsp3) is 0.769. The van der Waals surface area contributed by atoms with Gasteiger partial charge in [-0.2, -0.15) is 0 Å². The lowest BCUT2D eigenvalue weighted by Crippen LogP contribution is -2.46. The molecule has 0 amide bonds. The highest BCUT2D eigenvalue weighted by molar-refractivity contribution is 5.70. The molecule has 0 atom stereocenters. The van der Waals surface area contributed by atoms with Gasteiger partial charge in [0.2, 0.25) is 0 Å². The Bertz CT molecular complexity index is 375. The summed E-state index contributed by atoms with van der Waals surface area (Å²) in [4.78, 5) is 37.8. The second kappa shape index (κ2) is 9.34. The highest BCUT2D eigenvalue weighted by Crippen LogP contribution is 2.04. The lowest BCUT2D eigenvalue weighted by Gasteiger charge is -2.31. The minimum atomic E-state index is -0.963. The van der Waals surface area contributed by atoms with Gasteiger partial charge in [-0.15, -0.1) is 0 Å². The lowest BCUT2D eigenvalue weighted by atomic mass is 10.2. The van der Waals surface area contributed by atoms with Crippen molar-refractivity contribution in [3.8, 4) is 0 Å². The number of hydrogen-bond acceptors (Lipinski definition) is 6. The van der Waals surface area contributed by atoms with Gasteiger partial charge in [0, 0.05) is 13.1 Å².